The topological polar surface area (TPSA) is 14.8 Å². The predicted octanol–water partition coefficient (Wildman–Crippen LogP) is 16.7. The fourth-order valence-electron chi connectivity index (χ4n) is 10.7. The Morgan fingerprint density at radius 1 is 0.266 bits per heavy atom. The number of hydrogen-bond acceptors (Lipinski definition) is 1. The van der Waals surface area contributed by atoms with Crippen LogP contribution in [-0.4, -0.2) is 13.7 Å². The molecule has 14 rings (SSSR count). The van der Waals surface area contributed by atoms with Gasteiger partial charge in [0.2, 0.25) is 0 Å². The van der Waals surface area contributed by atoms with Crippen molar-refractivity contribution in [1.82, 2.24) is 13.7 Å². The largest absolute Gasteiger partial charge is 0.307 e. The summed E-state index contributed by atoms with van der Waals surface area (Å²) in [5, 5.41) is 10.0. The highest BCUT2D eigenvalue weighted by molar-refractivity contribution is 7.25. The third kappa shape index (κ3) is 5.03. The van der Waals surface area contributed by atoms with Gasteiger partial charge in [-0.25, -0.2) is 0 Å². The van der Waals surface area contributed by atoms with Crippen LogP contribution in [0.1, 0.15) is 0 Å². The highest BCUT2D eigenvalue weighted by Gasteiger charge is 2.26. The average Bonchev–Trinajstić information content (AvgIpc) is 4.10. The second-order valence-electron chi connectivity index (χ2n) is 16.8. The Hall–Kier alpha value is -8.18. The lowest BCUT2D eigenvalue weighted by atomic mass is 9.96. The molecule has 4 aromatic heterocycles. The van der Waals surface area contributed by atoms with E-state index >= 15 is 0 Å². The van der Waals surface area contributed by atoms with Crippen molar-refractivity contribution >= 4 is 96.9 Å². The zero-order valence-electron chi connectivity index (χ0n) is 34.6. The molecule has 0 bridgehead atoms. The Kier molecular flexibility index (Phi) is 7.56. The average molecular weight is 832 g/mol. The quantitative estimate of drug-likeness (QED) is 0.164. The van der Waals surface area contributed by atoms with Crippen molar-refractivity contribution in [2.75, 3.05) is 0 Å². The standard InChI is InChI=1S/C60H37N3S/c1-8-24-49-42(16-1)43-17-2-9-25-50(43)61(49)55-36-40(38-32-34-39(35-33-38)41-23-15-31-58-59(41)48-22-7-14-30-57(48)64-58)37-56(62-51-26-10-3-18-44(51)45-19-4-11-27-52(45)62)60(55)63-53-28-12-5-20-46(53)47-21-6-13-29-54(47)63/h1-37H. The zero-order chi connectivity index (χ0) is 41.9. The number of benzene rings is 10. The monoisotopic (exact) mass is 831 g/mol. The van der Waals surface area contributed by atoms with Crippen LogP contribution in [0.15, 0.2) is 224 Å². The predicted molar refractivity (Wildman–Crippen MR) is 273 cm³/mol. The number of para-hydroxylation sites is 6. The number of fused-ring (bicyclic) bond motifs is 12. The molecule has 14 aromatic rings. The van der Waals surface area contributed by atoms with Gasteiger partial charge in [0.1, 0.15) is 0 Å². The summed E-state index contributed by atoms with van der Waals surface area (Å²) in [6.07, 6.45) is 0. The van der Waals surface area contributed by atoms with E-state index in [0.29, 0.717) is 0 Å². The van der Waals surface area contributed by atoms with E-state index in [1.807, 2.05) is 11.3 Å². The first kappa shape index (κ1) is 35.4. The first-order valence-corrected chi connectivity index (χ1v) is 22.7. The molecular weight excluding hydrogens is 795 g/mol. The van der Waals surface area contributed by atoms with Gasteiger partial charge in [0, 0.05) is 52.5 Å². The Morgan fingerprint density at radius 3 is 1.08 bits per heavy atom. The van der Waals surface area contributed by atoms with Crippen molar-refractivity contribution in [2.24, 2.45) is 0 Å². The van der Waals surface area contributed by atoms with Gasteiger partial charge in [-0.3, -0.25) is 0 Å². The molecule has 0 fully saturated rings. The molecule has 0 aliphatic rings. The van der Waals surface area contributed by atoms with Crippen LogP contribution in [0.2, 0.25) is 0 Å². The summed E-state index contributed by atoms with van der Waals surface area (Å²) in [7, 11) is 0. The third-order valence-electron chi connectivity index (χ3n) is 13.4. The third-order valence-corrected chi connectivity index (χ3v) is 14.6. The van der Waals surface area contributed by atoms with Crippen LogP contribution in [0.5, 0.6) is 0 Å². The Bertz CT molecular complexity index is 3900. The molecule has 0 aliphatic carbocycles. The first-order chi connectivity index (χ1) is 31.8. The van der Waals surface area contributed by atoms with Gasteiger partial charge >= 0.3 is 0 Å². The van der Waals surface area contributed by atoms with E-state index < -0.39 is 0 Å². The SMILES string of the molecule is c1ccc2c(c1)sc1cccc(-c3ccc(-c4cc(-n5c6ccccc6c6ccccc65)c(-n5c6ccccc6c6ccccc65)c(-n5c6ccccc6c6ccccc65)c4)cc3)c12. The molecule has 3 nitrogen and oxygen atoms in total. The van der Waals surface area contributed by atoms with Crippen molar-refractivity contribution in [2.45, 2.75) is 0 Å². The van der Waals surface area contributed by atoms with E-state index in [2.05, 4.69) is 238 Å². The fourth-order valence-corrected chi connectivity index (χ4v) is 11.9. The first-order valence-electron chi connectivity index (χ1n) is 21.9. The molecule has 298 valence electrons. The minimum absolute atomic E-state index is 1.11. The van der Waals surface area contributed by atoms with Crippen LogP contribution < -0.4 is 0 Å². The maximum atomic E-state index is 2.53. The van der Waals surface area contributed by atoms with Gasteiger partial charge in [0.25, 0.3) is 0 Å². The minimum atomic E-state index is 1.11. The van der Waals surface area contributed by atoms with Gasteiger partial charge in [-0.05, 0) is 82.9 Å². The molecule has 0 unspecified atom stereocenters. The fraction of sp³-hybridized carbons (Fsp3) is 0. The van der Waals surface area contributed by atoms with Gasteiger partial charge in [0.05, 0.1) is 50.2 Å². The lowest BCUT2D eigenvalue weighted by Crippen LogP contribution is -2.10. The maximum absolute atomic E-state index is 2.53. The molecule has 10 aromatic carbocycles. The van der Waals surface area contributed by atoms with E-state index in [9.17, 15) is 0 Å². The van der Waals surface area contributed by atoms with Crippen LogP contribution in [0.25, 0.3) is 125 Å². The second-order valence-corrected chi connectivity index (χ2v) is 17.9. The summed E-state index contributed by atoms with van der Waals surface area (Å²) in [6, 6.07) is 83.0. The highest BCUT2D eigenvalue weighted by Crippen LogP contribution is 2.46. The summed E-state index contributed by atoms with van der Waals surface area (Å²) >= 11 is 1.87. The number of aromatic nitrogens is 3. The molecule has 0 saturated carbocycles. The molecule has 0 aliphatic heterocycles. The molecule has 0 N–H and O–H groups in total. The molecule has 0 amide bonds. The highest BCUT2D eigenvalue weighted by atomic mass is 32.1. The number of rotatable bonds is 5. The molecule has 0 atom stereocenters. The number of hydrogen-bond donors (Lipinski definition) is 0. The Morgan fingerprint density at radius 2 is 0.625 bits per heavy atom. The van der Waals surface area contributed by atoms with Crippen molar-refractivity contribution in [1.29, 1.82) is 0 Å². The Balaban J connectivity index is 1.14. The van der Waals surface area contributed by atoms with Crippen LogP contribution >= 0.6 is 11.3 Å². The molecule has 0 saturated heterocycles. The number of nitrogens with zero attached hydrogens (tertiary/aromatic N) is 3. The van der Waals surface area contributed by atoms with E-state index in [1.165, 1.54) is 96.7 Å². The van der Waals surface area contributed by atoms with Gasteiger partial charge in [-0.15, -0.1) is 11.3 Å². The molecule has 0 spiro atoms. The zero-order valence-corrected chi connectivity index (χ0v) is 35.4. The van der Waals surface area contributed by atoms with E-state index in [-0.39, 0.29) is 0 Å². The van der Waals surface area contributed by atoms with Gasteiger partial charge in [-0.1, -0.05) is 164 Å². The summed E-state index contributed by atoms with van der Waals surface area (Å²) in [6.45, 7) is 0. The summed E-state index contributed by atoms with van der Waals surface area (Å²) < 4.78 is 10.2. The summed E-state index contributed by atoms with van der Waals surface area (Å²) in [4.78, 5) is 0. The molecule has 0 radical (unpaired) electrons. The lowest BCUT2D eigenvalue weighted by Gasteiger charge is -2.24. The summed E-state index contributed by atoms with van der Waals surface area (Å²) in [5.41, 5.74) is 15.1. The van der Waals surface area contributed by atoms with E-state index in [0.717, 1.165) is 28.2 Å². The van der Waals surface area contributed by atoms with Crippen molar-refractivity contribution in [3.8, 4) is 39.3 Å². The minimum Gasteiger partial charge on any atom is -0.307 e. The smallest absolute Gasteiger partial charge is 0.0947 e. The van der Waals surface area contributed by atoms with Crippen LogP contribution in [0.4, 0.5) is 0 Å². The number of thiophene rings is 1. The van der Waals surface area contributed by atoms with Crippen LogP contribution in [0.3, 0.4) is 0 Å². The molecule has 64 heavy (non-hydrogen) atoms. The van der Waals surface area contributed by atoms with Gasteiger partial charge < -0.3 is 13.7 Å². The van der Waals surface area contributed by atoms with E-state index in [1.54, 1.807) is 0 Å². The maximum Gasteiger partial charge on any atom is 0.0947 e. The Labute approximate surface area is 372 Å². The summed E-state index contributed by atoms with van der Waals surface area (Å²) in [5.74, 6) is 0. The van der Waals surface area contributed by atoms with Crippen molar-refractivity contribution in [3.05, 3.63) is 224 Å². The van der Waals surface area contributed by atoms with E-state index in [4.69, 9.17) is 0 Å². The van der Waals surface area contributed by atoms with Crippen LogP contribution in [0, 0.1) is 0 Å². The lowest BCUT2D eigenvalue weighted by molar-refractivity contribution is 1.05. The van der Waals surface area contributed by atoms with Gasteiger partial charge in [0.15, 0.2) is 0 Å². The van der Waals surface area contributed by atoms with Gasteiger partial charge in [-0.2, -0.15) is 0 Å². The second kappa shape index (κ2) is 13.7. The van der Waals surface area contributed by atoms with Crippen molar-refractivity contribution in [3.63, 3.8) is 0 Å². The molecule has 4 heterocycles. The van der Waals surface area contributed by atoms with Crippen LogP contribution in [-0.2, 0) is 0 Å². The molecule has 4 heteroatoms. The normalized spacial score (nSPS) is 12.1. The molecular formula is C60H37N3S. The van der Waals surface area contributed by atoms with Crippen molar-refractivity contribution < 1.29 is 0 Å².